The number of nitrogens with zero attached hydrogens (tertiary/aromatic N) is 5. The maximum Gasteiger partial charge on any atom is 0.253 e. The van der Waals surface area contributed by atoms with Crippen molar-refractivity contribution >= 4 is 90.8 Å². The molecule has 12 rings (SSSR count). The average molecular weight is 863 g/mol. The van der Waals surface area contributed by atoms with Crippen LogP contribution < -0.4 is 20.4 Å². The van der Waals surface area contributed by atoms with Gasteiger partial charge in [0.1, 0.15) is 0 Å². The van der Waals surface area contributed by atoms with Crippen molar-refractivity contribution in [3.8, 4) is 0 Å². The standard InChI is InChI=1S/C27H26N4O2.C26H24N4O2/c1-30-24-9-10-28-27(32)25(24)22-8-6-19-17-29-20(16-23(19)26(22)30)7-5-18-3-2-4-21(15-18)31-11-13-33-14-12-31;31-26-24-21-7-5-18-16-28-19(15-22(18)25(21)29-23(24)8-9-27-26)6-4-17-2-1-3-20(14-17)30-10-12-32-13-11-30/h2-8,15-17H,9-14H2,1H3,(H,28,32);1-7,14-16,28H,8-13H2,(H,27,31)/b7-5+;6-4+. The van der Waals surface area contributed by atoms with Crippen LogP contribution in [0, 0.1) is 0 Å². The molecule has 4 aromatic heterocycles. The van der Waals surface area contributed by atoms with Gasteiger partial charge in [-0.2, -0.15) is 0 Å². The van der Waals surface area contributed by atoms with Gasteiger partial charge in [0.25, 0.3) is 11.8 Å². The smallest absolute Gasteiger partial charge is 0.253 e. The molecule has 0 bridgehead atoms. The molecule has 0 atom stereocenters. The Morgan fingerprint density at radius 1 is 0.631 bits per heavy atom. The molecule has 326 valence electrons. The summed E-state index contributed by atoms with van der Waals surface area (Å²) in [6.07, 6.45) is 13.9. The number of fused-ring (bicyclic) bond motifs is 10. The third-order valence-corrected chi connectivity index (χ3v) is 13.1. The molecule has 3 N–H and O–H groups in total. The van der Waals surface area contributed by atoms with Crippen molar-refractivity contribution in [2.75, 3.05) is 75.5 Å². The van der Waals surface area contributed by atoms with Gasteiger partial charge in [0.15, 0.2) is 0 Å². The second-order valence-corrected chi connectivity index (χ2v) is 17.0. The lowest BCUT2D eigenvalue weighted by Gasteiger charge is -2.29. The fraction of sp³-hybridized carbons (Fsp3) is 0.245. The van der Waals surface area contributed by atoms with Crippen LogP contribution in [-0.4, -0.2) is 97.0 Å². The lowest BCUT2D eigenvalue weighted by molar-refractivity contribution is 0.0939. The van der Waals surface area contributed by atoms with E-state index >= 15 is 0 Å². The summed E-state index contributed by atoms with van der Waals surface area (Å²) in [5.74, 6) is 0.00591. The summed E-state index contributed by atoms with van der Waals surface area (Å²) < 4.78 is 13.1. The van der Waals surface area contributed by atoms with E-state index in [0.29, 0.717) is 13.1 Å². The van der Waals surface area contributed by atoms with E-state index in [2.05, 4.69) is 145 Å². The number of carbonyl (C=O) groups excluding carboxylic acids is 2. The minimum Gasteiger partial charge on any atom is -0.378 e. The summed E-state index contributed by atoms with van der Waals surface area (Å²) >= 11 is 0. The van der Waals surface area contributed by atoms with Crippen LogP contribution in [0.15, 0.2) is 97.3 Å². The molecule has 4 aliphatic heterocycles. The molecule has 8 aromatic rings. The zero-order chi connectivity index (χ0) is 43.9. The van der Waals surface area contributed by atoms with Gasteiger partial charge in [-0.15, -0.1) is 0 Å². The highest BCUT2D eigenvalue weighted by Gasteiger charge is 2.26. The van der Waals surface area contributed by atoms with Crippen molar-refractivity contribution < 1.29 is 19.1 Å². The van der Waals surface area contributed by atoms with Gasteiger partial charge in [0.2, 0.25) is 0 Å². The summed E-state index contributed by atoms with van der Waals surface area (Å²) in [6.45, 7) is 8.16. The molecule has 2 saturated heterocycles. The van der Waals surface area contributed by atoms with Crippen molar-refractivity contribution in [1.82, 2.24) is 30.2 Å². The average Bonchev–Trinajstić information content (AvgIpc) is 3.90. The first-order valence-corrected chi connectivity index (χ1v) is 22.6. The van der Waals surface area contributed by atoms with E-state index < -0.39 is 0 Å². The number of anilines is 2. The van der Waals surface area contributed by atoms with Crippen LogP contribution in [0.25, 0.3) is 67.7 Å². The number of rotatable bonds is 6. The first-order valence-electron chi connectivity index (χ1n) is 22.6. The van der Waals surface area contributed by atoms with Crippen LogP contribution in [-0.2, 0) is 29.4 Å². The summed E-state index contributed by atoms with van der Waals surface area (Å²) in [7, 11) is 2.06. The number of carbonyl (C=O) groups is 2. The molecular formula is C53H50N8O4. The first-order chi connectivity index (χ1) is 31.9. The zero-order valence-electron chi connectivity index (χ0n) is 36.4. The van der Waals surface area contributed by atoms with Gasteiger partial charge in [0.05, 0.1) is 60.0 Å². The largest absolute Gasteiger partial charge is 0.378 e. The van der Waals surface area contributed by atoms with Crippen molar-refractivity contribution in [2.45, 2.75) is 12.8 Å². The number of nitrogens with one attached hydrogen (secondary N) is 3. The Morgan fingerprint density at radius 3 is 2.00 bits per heavy atom. The molecule has 0 aliphatic carbocycles. The minimum atomic E-state index is -0.0177. The van der Waals surface area contributed by atoms with Crippen LogP contribution in [0.3, 0.4) is 0 Å². The number of benzene rings is 4. The number of H-pyrrole nitrogens is 1. The molecule has 0 spiro atoms. The molecule has 2 amide bonds. The number of hydrogen-bond donors (Lipinski definition) is 3. The van der Waals surface area contributed by atoms with Gasteiger partial charge < -0.3 is 39.5 Å². The molecular weight excluding hydrogens is 813 g/mol. The first kappa shape index (κ1) is 40.5. The molecule has 12 heteroatoms. The van der Waals surface area contributed by atoms with Crippen molar-refractivity contribution in [3.63, 3.8) is 0 Å². The lowest BCUT2D eigenvalue weighted by Crippen LogP contribution is -2.36. The van der Waals surface area contributed by atoms with Crippen LogP contribution in [0.1, 0.15) is 54.6 Å². The maximum atomic E-state index is 12.6. The van der Waals surface area contributed by atoms with E-state index in [4.69, 9.17) is 14.5 Å². The normalized spacial score (nSPS) is 16.6. The molecule has 0 unspecified atom stereocenters. The number of pyridine rings is 2. The number of morpholine rings is 2. The number of aromatic nitrogens is 4. The number of aromatic amines is 1. The van der Waals surface area contributed by atoms with E-state index in [-0.39, 0.29) is 11.8 Å². The Hall–Kier alpha value is -7.28. The van der Waals surface area contributed by atoms with E-state index in [1.165, 1.54) is 11.4 Å². The number of hydrogen-bond acceptors (Lipinski definition) is 8. The highest BCUT2D eigenvalue weighted by atomic mass is 16.5. The molecule has 65 heavy (non-hydrogen) atoms. The fourth-order valence-corrected chi connectivity index (χ4v) is 9.76. The number of ether oxygens (including phenoxy) is 2. The van der Waals surface area contributed by atoms with Gasteiger partial charge in [-0.05, 0) is 65.1 Å². The molecule has 2 fully saturated rings. The molecule has 8 heterocycles. The number of aryl methyl sites for hydroxylation is 1. The van der Waals surface area contributed by atoms with Crippen LogP contribution in [0.5, 0.6) is 0 Å². The zero-order valence-corrected chi connectivity index (χ0v) is 36.4. The molecule has 4 aromatic carbocycles. The third kappa shape index (κ3) is 7.89. The van der Waals surface area contributed by atoms with Crippen LogP contribution in [0.2, 0.25) is 0 Å². The minimum absolute atomic E-state index is 0.0177. The predicted molar refractivity (Wildman–Crippen MR) is 261 cm³/mol. The monoisotopic (exact) mass is 862 g/mol. The van der Waals surface area contributed by atoms with Crippen molar-refractivity contribution in [1.29, 1.82) is 0 Å². The van der Waals surface area contributed by atoms with Gasteiger partial charge in [0, 0.05) is 121 Å². The fourth-order valence-electron chi connectivity index (χ4n) is 9.76. The second kappa shape index (κ2) is 17.4. The van der Waals surface area contributed by atoms with E-state index in [1.807, 2.05) is 18.5 Å². The van der Waals surface area contributed by atoms with Gasteiger partial charge in [-0.25, -0.2) is 0 Å². The van der Waals surface area contributed by atoms with Crippen molar-refractivity contribution in [2.24, 2.45) is 7.05 Å². The highest BCUT2D eigenvalue weighted by Crippen LogP contribution is 2.34. The maximum absolute atomic E-state index is 12.6. The lowest BCUT2D eigenvalue weighted by atomic mass is 10.0. The second-order valence-electron chi connectivity index (χ2n) is 17.0. The molecule has 12 nitrogen and oxygen atoms in total. The third-order valence-electron chi connectivity index (χ3n) is 13.1. The Kier molecular flexibility index (Phi) is 10.8. The van der Waals surface area contributed by atoms with E-state index in [0.717, 1.165) is 154 Å². The number of amides is 2. The van der Waals surface area contributed by atoms with Crippen LogP contribution in [0.4, 0.5) is 11.4 Å². The quantitative estimate of drug-likeness (QED) is 0.153. The van der Waals surface area contributed by atoms with Crippen molar-refractivity contribution in [3.05, 3.63) is 142 Å². The summed E-state index contributed by atoms with van der Waals surface area (Å²) in [5, 5.41) is 12.2. The summed E-state index contributed by atoms with van der Waals surface area (Å²) in [4.78, 5) is 42.5. The van der Waals surface area contributed by atoms with Gasteiger partial charge in [-0.1, -0.05) is 60.7 Å². The molecule has 0 radical (unpaired) electrons. The topological polar surface area (TPSA) is 130 Å². The highest BCUT2D eigenvalue weighted by molar-refractivity contribution is 6.17. The predicted octanol–water partition coefficient (Wildman–Crippen LogP) is 8.03. The Labute approximate surface area is 376 Å². The Morgan fingerprint density at radius 2 is 1.28 bits per heavy atom. The summed E-state index contributed by atoms with van der Waals surface area (Å²) in [6, 6.07) is 29.6. The summed E-state index contributed by atoms with van der Waals surface area (Å²) in [5.41, 5.74) is 12.2. The Bertz CT molecular complexity index is 3210. The Balaban J connectivity index is 0.000000144. The van der Waals surface area contributed by atoms with E-state index in [1.54, 1.807) is 0 Å². The van der Waals surface area contributed by atoms with E-state index in [9.17, 15) is 9.59 Å². The SMILES string of the molecule is Cn1c2c(c3ccc4cnc(/C=C/c5cccc(N6CCOCC6)c5)cc4c31)C(=O)NCC2.O=C1NCCc2nc3c(ccc4c[nH]c(/C=C/c5cccc(N6CCOCC6)c5)cc43)c21. The van der Waals surface area contributed by atoms with Crippen LogP contribution >= 0.6 is 0 Å². The van der Waals surface area contributed by atoms with Gasteiger partial charge in [-0.3, -0.25) is 19.6 Å². The van der Waals surface area contributed by atoms with Gasteiger partial charge >= 0.3 is 0 Å². The molecule has 0 saturated carbocycles. The molecule has 4 aliphatic rings.